The lowest BCUT2D eigenvalue weighted by atomic mass is 9.69. The van der Waals surface area contributed by atoms with Crippen LogP contribution < -0.4 is 4.90 Å². The van der Waals surface area contributed by atoms with Gasteiger partial charge in [-0.1, -0.05) is 98.8 Å². The van der Waals surface area contributed by atoms with Crippen molar-refractivity contribution in [2.45, 2.75) is 49.9 Å². The minimum atomic E-state index is -0.0225. The zero-order valence-electron chi connectivity index (χ0n) is 22.5. The minimum Gasteiger partial charge on any atom is -0.310 e. The first-order chi connectivity index (χ1) is 19.1. The summed E-state index contributed by atoms with van der Waals surface area (Å²) < 4.78 is 0. The Bertz CT molecular complexity index is 1830. The molecule has 2 atom stereocenters. The Morgan fingerprint density at radius 1 is 0.641 bits per heavy atom. The first kappa shape index (κ1) is 21.8. The molecule has 1 nitrogen and oxygen atoms in total. The second kappa shape index (κ2) is 7.30. The second-order valence-corrected chi connectivity index (χ2v) is 12.6. The van der Waals surface area contributed by atoms with Crippen molar-refractivity contribution in [1.82, 2.24) is 0 Å². The predicted molar refractivity (Wildman–Crippen MR) is 161 cm³/mol. The molecule has 0 saturated heterocycles. The highest BCUT2D eigenvalue weighted by molar-refractivity contribution is 5.92. The van der Waals surface area contributed by atoms with Gasteiger partial charge in [0.05, 0.1) is 11.4 Å². The molecule has 4 aliphatic rings. The molecule has 1 aliphatic heterocycles. The van der Waals surface area contributed by atoms with Crippen molar-refractivity contribution in [3.63, 3.8) is 0 Å². The van der Waals surface area contributed by atoms with E-state index in [0.29, 0.717) is 5.92 Å². The van der Waals surface area contributed by atoms with Crippen molar-refractivity contribution >= 4 is 17.1 Å². The van der Waals surface area contributed by atoms with E-state index >= 15 is 0 Å². The number of rotatable bonds is 2. The van der Waals surface area contributed by atoms with Gasteiger partial charge < -0.3 is 4.90 Å². The number of fused-ring (bicyclic) bond motifs is 6. The molecule has 1 saturated carbocycles. The molecular formula is C38H31N. The number of nitrogens with zero attached hydrogens (tertiary/aromatic N) is 1. The van der Waals surface area contributed by atoms with Crippen LogP contribution in [0.1, 0.15) is 66.8 Å². The highest BCUT2D eigenvalue weighted by Crippen LogP contribution is 2.67. The maximum absolute atomic E-state index is 2.59. The van der Waals surface area contributed by atoms with Crippen molar-refractivity contribution in [2.75, 3.05) is 4.90 Å². The van der Waals surface area contributed by atoms with Crippen LogP contribution in [0.4, 0.5) is 17.1 Å². The fraction of sp³-hybridized carbons (Fsp3) is 0.211. The normalized spacial score (nSPS) is 22.3. The molecule has 2 bridgehead atoms. The maximum Gasteiger partial charge on any atom is 0.0509 e. The fourth-order valence-corrected chi connectivity index (χ4v) is 8.69. The van der Waals surface area contributed by atoms with Gasteiger partial charge in [0, 0.05) is 16.5 Å². The van der Waals surface area contributed by atoms with Crippen LogP contribution in [0.2, 0.25) is 0 Å². The molecule has 0 N–H and O–H groups in total. The van der Waals surface area contributed by atoms with E-state index in [1.807, 2.05) is 0 Å². The van der Waals surface area contributed by atoms with Crippen LogP contribution in [0.15, 0.2) is 109 Å². The first-order valence-corrected chi connectivity index (χ1v) is 14.4. The second-order valence-electron chi connectivity index (χ2n) is 12.6. The van der Waals surface area contributed by atoms with Crippen LogP contribution in [-0.4, -0.2) is 0 Å². The topological polar surface area (TPSA) is 3.24 Å². The lowest BCUT2D eigenvalue weighted by molar-refractivity contribution is 0.544. The predicted octanol–water partition coefficient (Wildman–Crippen LogP) is 10.0. The number of hydrogen-bond donors (Lipinski definition) is 0. The number of anilines is 3. The van der Waals surface area contributed by atoms with Gasteiger partial charge in [0.2, 0.25) is 0 Å². The molecule has 1 heteroatoms. The molecule has 5 aromatic rings. The zero-order chi connectivity index (χ0) is 25.9. The molecule has 0 aromatic heterocycles. The Kier molecular flexibility index (Phi) is 4.08. The molecule has 3 aliphatic carbocycles. The number of benzene rings is 5. The molecule has 0 radical (unpaired) electrons. The Hall–Kier alpha value is -4.10. The number of hydrogen-bond acceptors (Lipinski definition) is 1. The molecule has 5 aromatic carbocycles. The highest BCUT2D eigenvalue weighted by atomic mass is 15.2. The summed E-state index contributed by atoms with van der Waals surface area (Å²) >= 11 is 0. The lowest BCUT2D eigenvalue weighted by Crippen LogP contribution is -2.32. The third-order valence-corrected chi connectivity index (χ3v) is 10.4. The van der Waals surface area contributed by atoms with Gasteiger partial charge in [-0.2, -0.15) is 0 Å². The third-order valence-electron chi connectivity index (χ3n) is 10.4. The summed E-state index contributed by atoms with van der Waals surface area (Å²) in [4.78, 5) is 2.59. The quantitative estimate of drug-likeness (QED) is 0.233. The van der Waals surface area contributed by atoms with E-state index in [9.17, 15) is 0 Å². The van der Waals surface area contributed by atoms with Gasteiger partial charge in [-0.3, -0.25) is 0 Å². The van der Waals surface area contributed by atoms with E-state index in [1.165, 1.54) is 75.3 Å². The molecule has 0 amide bonds. The Balaban J connectivity index is 1.31. The Morgan fingerprint density at radius 3 is 2.36 bits per heavy atom. The summed E-state index contributed by atoms with van der Waals surface area (Å²) in [5.74, 6) is 0.690. The van der Waals surface area contributed by atoms with Gasteiger partial charge in [0.15, 0.2) is 0 Å². The monoisotopic (exact) mass is 501 g/mol. The van der Waals surface area contributed by atoms with Crippen LogP contribution in [-0.2, 0) is 10.8 Å². The fourth-order valence-electron chi connectivity index (χ4n) is 8.69. The maximum atomic E-state index is 2.59. The molecule has 188 valence electrons. The van der Waals surface area contributed by atoms with Crippen LogP contribution >= 0.6 is 0 Å². The van der Waals surface area contributed by atoms with E-state index in [-0.39, 0.29) is 10.8 Å². The standard InChI is InChI=1S/C38H31N/c1-37(2)31-13-7-6-11-29(31)30-17-16-27(22-33(30)37)39-34-14-8-12-28-26-19-20-38(23-26,36(28)34)32-18-15-25(21-35(32)39)24-9-4-3-5-10-24/h3-18,21-22,26H,19-20,23H2,1-2H3. The van der Waals surface area contributed by atoms with Crippen molar-refractivity contribution in [3.05, 3.63) is 137 Å². The highest BCUT2D eigenvalue weighted by Gasteiger charge is 2.55. The lowest BCUT2D eigenvalue weighted by Gasteiger charge is -2.44. The average Bonchev–Trinajstić information content (AvgIpc) is 3.63. The van der Waals surface area contributed by atoms with Gasteiger partial charge in [-0.25, -0.2) is 0 Å². The van der Waals surface area contributed by atoms with Crippen LogP contribution in [0.5, 0.6) is 0 Å². The summed E-state index contributed by atoms with van der Waals surface area (Å²) in [7, 11) is 0. The third kappa shape index (κ3) is 2.66. The molecule has 2 unspecified atom stereocenters. The van der Waals surface area contributed by atoms with E-state index in [0.717, 1.165) is 0 Å². The van der Waals surface area contributed by atoms with Crippen LogP contribution in [0.25, 0.3) is 22.3 Å². The van der Waals surface area contributed by atoms with Gasteiger partial charge >= 0.3 is 0 Å². The Morgan fingerprint density at radius 2 is 1.46 bits per heavy atom. The van der Waals surface area contributed by atoms with Crippen LogP contribution in [0.3, 0.4) is 0 Å². The van der Waals surface area contributed by atoms with Gasteiger partial charge in [0.1, 0.15) is 0 Å². The van der Waals surface area contributed by atoms with Crippen molar-refractivity contribution < 1.29 is 0 Å². The summed E-state index contributed by atoms with van der Waals surface area (Å²) in [6.45, 7) is 4.76. The van der Waals surface area contributed by atoms with Crippen molar-refractivity contribution in [1.29, 1.82) is 0 Å². The van der Waals surface area contributed by atoms with E-state index in [1.54, 1.807) is 11.1 Å². The van der Waals surface area contributed by atoms with Gasteiger partial charge in [-0.15, -0.1) is 0 Å². The van der Waals surface area contributed by atoms with Crippen molar-refractivity contribution in [3.8, 4) is 22.3 Å². The minimum absolute atomic E-state index is 0.0225. The largest absolute Gasteiger partial charge is 0.310 e. The molecule has 1 heterocycles. The SMILES string of the molecule is CC1(C)c2ccccc2-c2ccc(N3c4cc(-c5ccccc5)ccc4C45CCC(C4)c4cccc3c45)cc21. The molecule has 1 fully saturated rings. The summed E-state index contributed by atoms with van der Waals surface area (Å²) in [6, 6.07) is 41.4. The van der Waals surface area contributed by atoms with E-state index < -0.39 is 0 Å². The molecular weight excluding hydrogens is 470 g/mol. The Labute approximate surface area is 230 Å². The summed E-state index contributed by atoms with van der Waals surface area (Å²) in [6.07, 6.45) is 3.83. The van der Waals surface area contributed by atoms with Crippen molar-refractivity contribution in [2.24, 2.45) is 0 Å². The average molecular weight is 502 g/mol. The van der Waals surface area contributed by atoms with E-state index in [4.69, 9.17) is 0 Å². The van der Waals surface area contributed by atoms with Gasteiger partial charge in [-0.05, 0) is 99.5 Å². The zero-order valence-corrected chi connectivity index (χ0v) is 22.5. The van der Waals surface area contributed by atoms with E-state index in [2.05, 4.69) is 128 Å². The summed E-state index contributed by atoms with van der Waals surface area (Å²) in [5.41, 5.74) is 17.0. The first-order valence-electron chi connectivity index (χ1n) is 14.4. The van der Waals surface area contributed by atoms with Crippen LogP contribution in [0, 0.1) is 0 Å². The molecule has 1 spiro atoms. The molecule has 39 heavy (non-hydrogen) atoms. The molecule has 9 rings (SSSR count). The van der Waals surface area contributed by atoms with Gasteiger partial charge in [0.25, 0.3) is 0 Å². The smallest absolute Gasteiger partial charge is 0.0509 e. The summed E-state index contributed by atoms with van der Waals surface area (Å²) in [5, 5.41) is 0.